The van der Waals surface area contributed by atoms with Crippen LogP contribution in [0, 0.1) is 0 Å². The quantitative estimate of drug-likeness (QED) is 0.0885. The van der Waals surface area contributed by atoms with Crippen molar-refractivity contribution < 1.29 is 98.2 Å². The van der Waals surface area contributed by atoms with Crippen molar-refractivity contribution in [2.24, 2.45) is 0 Å². The first-order valence-corrected chi connectivity index (χ1v) is 16.6. The Labute approximate surface area is 277 Å². The fraction of sp³-hybridized carbons (Fsp3) is 1.00. The van der Waals surface area contributed by atoms with E-state index in [0.29, 0.717) is 0 Å². The average molecular weight is 721 g/mol. The number of fused-ring (bicyclic) bond motifs is 4. The van der Waals surface area contributed by atoms with E-state index in [2.05, 4.69) is 0 Å². The molecule has 6 aliphatic heterocycles. The Bertz CT molecular complexity index is 1070. The first-order valence-electron chi connectivity index (χ1n) is 15.7. The summed E-state index contributed by atoms with van der Waals surface area (Å²) < 4.78 is 61.9. The van der Waals surface area contributed by atoms with Crippen LogP contribution in [0.5, 0.6) is 0 Å². The van der Waals surface area contributed by atoms with Crippen LogP contribution in [0.15, 0.2) is 0 Å². The van der Waals surface area contributed by atoms with Crippen LogP contribution in [-0.4, -0.2) is 210 Å². The number of rotatable bonds is 11. The van der Waals surface area contributed by atoms with Gasteiger partial charge in [-0.2, -0.15) is 0 Å². The Balaban J connectivity index is 1.18. The Kier molecular flexibility index (Phi) is 11.6. The first kappa shape index (κ1) is 37.3. The summed E-state index contributed by atoms with van der Waals surface area (Å²) in [5, 5.41) is 104. The third kappa shape index (κ3) is 6.33. The van der Waals surface area contributed by atoms with Gasteiger partial charge in [-0.3, -0.25) is 0 Å². The zero-order valence-electron chi connectivity index (χ0n) is 25.6. The molecule has 6 saturated heterocycles. The van der Waals surface area contributed by atoms with Crippen LogP contribution in [0.3, 0.4) is 0 Å². The summed E-state index contributed by atoms with van der Waals surface area (Å²) in [5.74, 6) is -2.23. The molecule has 6 heterocycles. The Morgan fingerprint density at radius 3 is 1.92 bits per heavy atom. The topological polar surface area (TPSA) is 306 Å². The van der Waals surface area contributed by atoms with Crippen molar-refractivity contribution in [2.45, 2.75) is 141 Å². The van der Waals surface area contributed by atoms with E-state index in [0.717, 1.165) is 0 Å². The molecular weight excluding hydrogens is 676 g/mol. The summed E-state index contributed by atoms with van der Waals surface area (Å²) in [5.41, 5.74) is 0. The monoisotopic (exact) mass is 720 g/mol. The van der Waals surface area contributed by atoms with Crippen molar-refractivity contribution in [3.8, 4) is 0 Å². The lowest BCUT2D eigenvalue weighted by molar-refractivity contribution is -0.398. The van der Waals surface area contributed by atoms with Crippen molar-refractivity contribution in [3.05, 3.63) is 0 Å². The molecule has 0 aromatic carbocycles. The Hall–Kier alpha value is -0.450. The van der Waals surface area contributed by atoms with Crippen molar-refractivity contribution in [3.63, 3.8) is 0 Å². The lowest BCUT2D eigenvalue weighted by Crippen LogP contribution is -2.72. The molecular formula is C27H44O20S. The highest BCUT2D eigenvalue weighted by molar-refractivity contribution is 7.94. The van der Waals surface area contributed by atoms with Gasteiger partial charge in [-0.15, -0.1) is 0 Å². The van der Waals surface area contributed by atoms with Crippen LogP contribution >= 0.6 is 12.0 Å². The lowest BCUT2D eigenvalue weighted by atomic mass is 9.88. The van der Waals surface area contributed by atoms with Gasteiger partial charge in [-0.25, -0.2) is 0 Å². The molecule has 11 N–H and O–H groups in total. The van der Waals surface area contributed by atoms with E-state index in [1.54, 1.807) is 6.92 Å². The Morgan fingerprint density at radius 1 is 0.688 bits per heavy atom. The molecule has 0 aromatic heterocycles. The van der Waals surface area contributed by atoms with E-state index in [1.165, 1.54) is 0 Å². The number of aliphatic hydroxyl groups is 10. The van der Waals surface area contributed by atoms with Crippen LogP contribution in [0.4, 0.5) is 0 Å². The average Bonchev–Trinajstić information content (AvgIpc) is 3.56. The SMILES string of the molecule is CCC(SO)[C@]1(O[C@@H]2[C@H]3OC[C@@H]2O[C@@H](O[C@@H]2[C@@H](O)[C@H](O[C@@H]4[C@H]5OC[C@@H]4O[C@@H](O)[C@H]5O)O[C@H](CO)[C@H]2O)[C@H]3O)O[C@H](CO)[C@H](O)[C@H](O)[C@H]1O. The zero-order valence-corrected chi connectivity index (χ0v) is 26.4. The smallest absolute Gasteiger partial charge is 0.212 e. The summed E-state index contributed by atoms with van der Waals surface area (Å²) in [6.07, 6.45) is -27.4. The maximum absolute atomic E-state index is 11.3. The summed E-state index contributed by atoms with van der Waals surface area (Å²) in [6, 6.07) is 0. The van der Waals surface area contributed by atoms with Gasteiger partial charge in [0, 0.05) is 0 Å². The molecule has 278 valence electrons. The van der Waals surface area contributed by atoms with Gasteiger partial charge >= 0.3 is 0 Å². The minimum Gasteiger partial charge on any atom is -0.394 e. The molecule has 0 aromatic rings. The fourth-order valence-corrected chi connectivity index (χ4v) is 7.72. The molecule has 4 bridgehead atoms. The molecule has 21 heteroatoms. The second-order valence-electron chi connectivity index (χ2n) is 12.7. The predicted molar refractivity (Wildman–Crippen MR) is 150 cm³/mol. The number of hydrogen-bond donors (Lipinski definition) is 11. The zero-order chi connectivity index (χ0) is 34.7. The molecule has 21 atom stereocenters. The molecule has 20 nitrogen and oxygen atoms in total. The van der Waals surface area contributed by atoms with Gasteiger partial charge in [-0.05, 0) is 18.5 Å². The van der Waals surface area contributed by atoms with Gasteiger partial charge in [0.25, 0.3) is 0 Å². The van der Waals surface area contributed by atoms with Gasteiger partial charge < -0.3 is 98.2 Å². The highest BCUT2D eigenvalue weighted by Crippen LogP contribution is 2.45. The normalized spacial score (nSPS) is 54.4. The standard InChI is InChI=1S/C27H44O20S/c1-2-11(48-38)27(23(36)14(32)12(30)8(4-29)46-27)47-19-10-6-40-22(19)17(35)26(43-10)45-20-13(31)7(3-28)42-25(16(20)34)44-18-9-5-39-21(18)15(33)24(37)41-9/h7-26,28-38H,2-6H2,1H3/t7-,8-,9+,10+,11?,12+,13-,14+,15+,16-,17+,18+,19+,20+,21+,22+,23-,24-,25+,26+,27-/m1/s1. The first-order chi connectivity index (χ1) is 22.9. The van der Waals surface area contributed by atoms with Crippen molar-refractivity contribution in [1.82, 2.24) is 0 Å². The molecule has 0 spiro atoms. The maximum Gasteiger partial charge on any atom is 0.212 e. The fourth-order valence-electron chi connectivity index (χ4n) is 7.17. The predicted octanol–water partition coefficient (Wildman–Crippen LogP) is -6.30. The molecule has 6 rings (SSSR count). The van der Waals surface area contributed by atoms with Crippen molar-refractivity contribution in [2.75, 3.05) is 26.4 Å². The second-order valence-corrected chi connectivity index (χ2v) is 13.4. The molecule has 0 saturated carbocycles. The highest BCUT2D eigenvalue weighted by Gasteiger charge is 2.64. The molecule has 6 aliphatic rings. The molecule has 48 heavy (non-hydrogen) atoms. The molecule has 0 aliphatic carbocycles. The van der Waals surface area contributed by atoms with E-state index in [4.69, 9.17) is 42.6 Å². The van der Waals surface area contributed by atoms with E-state index < -0.39 is 141 Å². The van der Waals surface area contributed by atoms with Gasteiger partial charge in [0.2, 0.25) is 5.79 Å². The van der Waals surface area contributed by atoms with Crippen LogP contribution < -0.4 is 0 Å². The number of aliphatic hydroxyl groups excluding tert-OH is 10. The van der Waals surface area contributed by atoms with Crippen molar-refractivity contribution in [1.29, 1.82) is 0 Å². The number of hydrogen-bond acceptors (Lipinski definition) is 21. The van der Waals surface area contributed by atoms with Gasteiger partial charge in [-0.1, -0.05) is 6.92 Å². The lowest BCUT2D eigenvalue weighted by Gasteiger charge is -2.53. The van der Waals surface area contributed by atoms with Crippen molar-refractivity contribution >= 4 is 12.0 Å². The van der Waals surface area contributed by atoms with Gasteiger partial charge in [0.1, 0.15) is 97.7 Å². The van der Waals surface area contributed by atoms with Crippen LogP contribution in [0.1, 0.15) is 13.3 Å². The van der Waals surface area contributed by atoms with Gasteiger partial charge in [0.15, 0.2) is 18.9 Å². The maximum atomic E-state index is 11.3. The third-order valence-electron chi connectivity index (χ3n) is 9.81. The van der Waals surface area contributed by atoms with Crippen LogP contribution in [0.25, 0.3) is 0 Å². The minimum atomic E-state index is -2.23. The molecule has 6 fully saturated rings. The molecule has 1 unspecified atom stereocenters. The summed E-state index contributed by atoms with van der Waals surface area (Å²) >= 11 is 0.256. The molecule has 0 amide bonds. The number of ether oxygens (including phenoxy) is 9. The Morgan fingerprint density at radius 2 is 1.29 bits per heavy atom. The second kappa shape index (κ2) is 14.9. The summed E-state index contributed by atoms with van der Waals surface area (Å²) in [7, 11) is 0. The largest absolute Gasteiger partial charge is 0.394 e. The summed E-state index contributed by atoms with van der Waals surface area (Å²) in [4.78, 5) is 0. The van der Waals surface area contributed by atoms with E-state index >= 15 is 0 Å². The van der Waals surface area contributed by atoms with E-state index in [-0.39, 0.29) is 31.7 Å². The van der Waals surface area contributed by atoms with E-state index in [1.807, 2.05) is 0 Å². The van der Waals surface area contributed by atoms with Gasteiger partial charge in [0.05, 0.1) is 31.7 Å². The minimum absolute atomic E-state index is 0.0358. The highest BCUT2D eigenvalue weighted by atomic mass is 32.2. The summed E-state index contributed by atoms with van der Waals surface area (Å²) in [6.45, 7) is -0.0947. The third-order valence-corrected chi connectivity index (χ3v) is 10.7. The van der Waals surface area contributed by atoms with E-state index in [9.17, 15) is 55.6 Å². The molecule has 0 radical (unpaired) electrons. The van der Waals surface area contributed by atoms with Crippen LogP contribution in [0.2, 0.25) is 0 Å². The van der Waals surface area contributed by atoms with Crippen LogP contribution in [-0.2, 0) is 42.6 Å².